The molecule has 0 radical (unpaired) electrons. The van der Waals surface area contributed by atoms with Crippen molar-refractivity contribution in [2.24, 2.45) is 0 Å². The number of aryl methyl sites for hydroxylation is 2. The molecule has 194 valence electrons. The number of carbonyl (C=O) groups is 2. The first-order valence-electron chi connectivity index (χ1n) is 10.9. The topological polar surface area (TPSA) is 73.0 Å². The molecule has 0 aliphatic rings. The first-order valence-corrected chi connectivity index (χ1v) is 10.9. The van der Waals surface area contributed by atoms with Crippen LogP contribution in [-0.4, -0.2) is 31.4 Å². The van der Waals surface area contributed by atoms with Crippen molar-refractivity contribution in [2.45, 2.75) is 66.5 Å². The predicted octanol–water partition coefficient (Wildman–Crippen LogP) is 5.39. The lowest BCUT2D eigenvalue weighted by Gasteiger charge is -2.23. The maximum Gasteiger partial charge on any atom is 0.286 e. The Morgan fingerprint density at radius 2 is 0.972 bits per heavy atom. The maximum atomic E-state index is 14.8. The number of carbonyl (C=O) groups excluding carboxylic acids is 2. The third-order valence-electron chi connectivity index (χ3n) is 5.30. The van der Waals surface area contributed by atoms with Crippen molar-refractivity contribution in [3.8, 4) is 0 Å². The number of aromatic nitrogens is 4. The fourth-order valence-electron chi connectivity index (χ4n) is 3.83. The van der Waals surface area contributed by atoms with E-state index in [-0.39, 0.29) is 4.90 Å². The number of amides is 2. The molecule has 0 atom stereocenters. The molecule has 0 fully saturated rings. The number of hydrogen-bond donors (Lipinski definition) is 0. The Bertz CT molecular complexity index is 1280. The molecule has 36 heavy (non-hydrogen) atoms. The van der Waals surface area contributed by atoms with E-state index in [2.05, 4.69) is 10.2 Å². The minimum absolute atomic E-state index is 0.111. The van der Waals surface area contributed by atoms with Crippen molar-refractivity contribution < 1.29 is 31.5 Å². The zero-order valence-corrected chi connectivity index (χ0v) is 21.1. The summed E-state index contributed by atoms with van der Waals surface area (Å²) in [4.78, 5) is 26.8. The SMILES string of the molecule is Cc1cc(C(=O)N(C(=O)c2cc(C)n(C(C)(C)C)n2)c2c(F)c(F)c(F)c(F)c2F)nn1C(C)(C)C. The van der Waals surface area contributed by atoms with E-state index >= 15 is 0 Å². The number of anilines is 1. The van der Waals surface area contributed by atoms with Gasteiger partial charge in [0.1, 0.15) is 5.69 Å². The van der Waals surface area contributed by atoms with Gasteiger partial charge < -0.3 is 0 Å². The van der Waals surface area contributed by atoms with Crippen LogP contribution in [0.3, 0.4) is 0 Å². The van der Waals surface area contributed by atoms with Crippen molar-refractivity contribution in [1.82, 2.24) is 19.6 Å². The fourth-order valence-corrected chi connectivity index (χ4v) is 3.83. The number of hydrogen-bond acceptors (Lipinski definition) is 4. The molecule has 0 saturated heterocycles. The highest BCUT2D eigenvalue weighted by Crippen LogP contribution is 2.33. The van der Waals surface area contributed by atoms with Crippen LogP contribution >= 0.6 is 0 Å². The van der Waals surface area contributed by atoms with Crippen LogP contribution in [0.1, 0.15) is 73.9 Å². The van der Waals surface area contributed by atoms with Gasteiger partial charge in [0.05, 0.1) is 11.1 Å². The first-order chi connectivity index (χ1) is 16.4. The summed E-state index contributed by atoms with van der Waals surface area (Å²) >= 11 is 0. The van der Waals surface area contributed by atoms with Gasteiger partial charge in [-0.25, -0.2) is 26.9 Å². The van der Waals surface area contributed by atoms with Gasteiger partial charge in [0.2, 0.25) is 5.82 Å². The molecule has 7 nitrogen and oxygen atoms in total. The number of rotatable bonds is 3. The average molecular weight is 511 g/mol. The molecule has 0 bridgehead atoms. The molecule has 0 unspecified atom stereocenters. The van der Waals surface area contributed by atoms with Gasteiger partial charge in [0.25, 0.3) is 11.8 Å². The number of imide groups is 1. The van der Waals surface area contributed by atoms with E-state index in [0.29, 0.717) is 11.4 Å². The van der Waals surface area contributed by atoms with Crippen molar-refractivity contribution in [3.63, 3.8) is 0 Å². The highest BCUT2D eigenvalue weighted by atomic mass is 19.2. The summed E-state index contributed by atoms with van der Waals surface area (Å²) in [5, 5.41) is 8.26. The number of halogens is 5. The number of nitrogens with zero attached hydrogens (tertiary/aromatic N) is 5. The van der Waals surface area contributed by atoms with Crippen LogP contribution in [0.4, 0.5) is 27.6 Å². The second-order valence-electron chi connectivity index (χ2n) is 10.4. The molecule has 3 aromatic rings. The summed E-state index contributed by atoms with van der Waals surface area (Å²) in [6.45, 7) is 13.9. The summed E-state index contributed by atoms with van der Waals surface area (Å²) in [5.41, 5.74) is -2.91. The molecule has 3 rings (SSSR count). The van der Waals surface area contributed by atoms with Gasteiger partial charge in [-0.2, -0.15) is 10.2 Å². The third kappa shape index (κ3) is 4.51. The highest BCUT2D eigenvalue weighted by molar-refractivity contribution is 6.25. The Labute approximate surface area is 204 Å². The van der Waals surface area contributed by atoms with Gasteiger partial charge in [-0.15, -0.1) is 0 Å². The third-order valence-corrected chi connectivity index (χ3v) is 5.30. The van der Waals surface area contributed by atoms with Gasteiger partial charge in [0.15, 0.2) is 34.7 Å². The van der Waals surface area contributed by atoms with Crippen molar-refractivity contribution in [1.29, 1.82) is 0 Å². The molecule has 1 aromatic carbocycles. The van der Waals surface area contributed by atoms with Crippen molar-refractivity contribution in [3.05, 3.63) is 64.0 Å². The van der Waals surface area contributed by atoms with Crippen LogP contribution in [0.15, 0.2) is 12.1 Å². The Balaban J connectivity index is 2.29. The molecule has 0 saturated carbocycles. The molecule has 2 amide bonds. The molecule has 0 spiro atoms. The lowest BCUT2D eigenvalue weighted by Crippen LogP contribution is -2.40. The quantitative estimate of drug-likeness (QED) is 0.205. The van der Waals surface area contributed by atoms with E-state index in [1.807, 2.05) is 0 Å². The van der Waals surface area contributed by atoms with Crippen LogP contribution in [0.5, 0.6) is 0 Å². The fraction of sp³-hybridized carbons (Fsp3) is 0.417. The molecular weight excluding hydrogens is 485 g/mol. The zero-order valence-electron chi connectivity index (χ0n) is 21.1. The van der Waals surface area contributed by atoms with Crippen LogP contribution in [0.2, 0.25) is 0 Å². The van der Waals surface area contributed by atoms with E-state index < -0.39 is 69.1 Å². The Morgan fingerprint density at radius 3 is 1.25 bits per heavy atom. The summed E-state index contributed by atoms with van der Waals surface area (Å²) < 4.78 is 74.5. The van der Waals surface area contributed by atoms with Gasteiger partial charge in [-0.1, -0.05) is 0 Å². The Hall–Kier alpha value is -3.57. The molecule has 2 heterocycles. The van der Waals surface area contributed by atoms with E-state index in [4.69, 9.17) is 0 Å². The van der Waals surface area contributed by atoms with Crippen molar-refractivity contribution >= 4 is 17.5 Å². The normalized spacial score (nSPS) is 12.2. The molecular formula is C24H26F5N5O2. The van der Waals surface area contributed by atoms with Crippen LogP contribution in [-0.2, 0) is 11.1 Å². The minimum atomic E-state index is -2.42. The Morgan fingerprint density at radius 1 is 0.667 bits per heavy atom. The average Bonchev–Trinajstić information content (AvgIpc) is 3.36. The summed E-state index contributed by atoms with van der Waals surface area (Å²) in [6, 6.07) is 2.50. The maximum absolute atomic E-state index is 14.8. The summed E-state index contributed by atoms with van der Waals surface area (Å²) in [7, 11) is 0. The Kier molecular flexibility index (Phi) is 6.62. The minimum Gasteiger partial charge on any atom is -0.266 e. The molecule has 2 aromatic heterocycles. The van der Waals surface area contributed by atoms with Crippen LogP contribution < -0.4 is 4.90 Å². The molecule has 0 N–H and O–H groups in total. The van der Waals surface area contributed by atoms with Gasteiger partial charge in [-0.05, 0) is 67.5 Å². The van der Waals surface area contributed by atoms with Crippen molar-refractivity contribution in [2.75, 3.05) is 4.90 Å². The van der Waals surface area contributed by atoms with E-state index in [0.717, 1.165) is 0 Å². The summed E-state index contributed by atoms with van der Waals surface area (Å²) in [5.74, 6) is -14.5. The predicted molar refractivity (Wildman–Crippen MR) is 121 cm³/mol. The van der Waals surface area contributed by atoms with Crippen LogP contribution in [0, 0.1) is 42.9 Å². The second kappa shape index (κ2) is 8.82. The summed E-state index contributed by atoms with van der Waals surface area (Å²) in [6.07, 6.45) is 0. The van der Waals surface area contributed by atoms with Gasteiger partial charge in [-0.3, -0.25) is 19.0 Å². The molecule has 12 heteroatoms. The zero-order chi connectivity index (χ0) is 27.5. The molecule has 0 aliphatic heterocycles. The lowest BCUT2D eigenvalue weighted by atomic mass is 10.1. The largest absolute Gasteiger partial charge is 0.286 e. The van der Waals surface area contributed by atoms with Gasteiger partial charge in [0, 0.05) is 11.4 Å². The van der Waals surface area contributed by atoms with Gasteiger partial charge >= 0.3 is 0 Å². The molecule has 0 aliphatic carbocycles. The van der Waals surface area contributed by atoms with Crippen LogP contribution in [0.25, 0.3) is 0 Å². The lowest BCUT2D eigenvalue weighted by molar-refractivity contribution is 0.0887. The standard InChI is InChI=1S/C24H26F5N5O2/c1-11-9-13(30-33(11)23(3,4)5)21(35)32(20-18(28)16(26)15(25)17(27)19(20)29)22(36)14-10-12(2)34(31-14)24(6,7)8/h9-10H,1-8H3. The van der Waals surface area contributed by atoms with E-state index in [9.17, 15) is 31.5 Å². The first kappa shape index (κ1) is 27.0. The smallest absolute Gasteiger partial charge is 0.266 e. The second-order valence-corrected chi connectivity index (χ2v) is 10.4. The van der Waals surface area contributed by atoms with E-state index in [1.165, 1.54) is 21.5 Å². The van der Waals surface area contributed by atoms with E-state index in [1.54, 1.807) is 55.4 Å². The monoisotopic (exact) mass is 511 g/mol. The highest BCUT2D eigenvalue weighted by Gasteiger charge is 2.39. The number of benzene rings is 1.